The van der Waals surface area contributed by atoms with Crippen molar-refractivity contribution in [1.29, 1.82) is 0 Å². The molecule has 136 valence electrons. The minimum absolute atomic E-state index is 0.0490. The summed E-state index contributed by atoms with van der Waals surface area (Å²) >= 11 is 0. The standard InChI is InChI=1S/C21H26N4O/c1-2-23-13-15-24(16-14-23)21(26)18-9-5-11-20(22-18)25-12-6-8-17-7-3-4-10-19(17)25/h3-5,7,9-11H,2,6,8,12-16H2,1H3. The quantitative estimate of drug-likeness (QED) is 0.853. The monoisotopic (exact) mass is 350 g/mol. The smallest absolute Gasteiger partial charge is 0.272 e. The summed E-state index contributed by atoms with van der Waals surface area (Å²) in [6, 6.07) is 14.3. The van der Waals surface area contributed by atoms with Crippen molar-refractivity contribution in [2.24, 2.45) is 0 Å². The van der Waals surface area contributed by atoms with Crippen LogP contribution in [0, 0.1) is 0 Å². The maximum Gasteiger partial charge on any atom is 0.272 e. The van der Waals surface area contributed by atoms with Crippen LogP contribution < -0.4 is 4.90 Å². The number of aromatic nitrogens is 1. The maximum atomic E-state index is 12.9. The van der Waals surface area contributed by atoms with E-state index in [-0.39, 0.29) is 5.91 Å². The molecule has 0 N–H and O–H groups in total. The highest BCUT2D eigenvalue weighted by Gasteiger charge is 2.24. The Morgan fingerprint density at radius 3 is 2.62 bits per heavy atom. The molecule has 3 heterocycles. The molecule has 26 heavy (non-hydrogen) atoms. The van der Waals surface area contributed by atoms with E-state index in [1.54, 1.807) is 0 Å². The second-order valence-corrected chi connectivity index (χ2v) is 6.99. The third kappa shape index (κ3) is 3.31. The van der Waals surface area contributed by atoms with Gasteiger partial charge in [-0.05, 0) is 43.1 Å². The Bertz CT molecular complexity index is 783. The first-order chi connectivity index (χ1) is 12.8. The molecule has 2 aliphatic heterocycles. The van der Waals surface area contributed by atoms with Crippen LogP contribution in [0.4, 0.5) is 11.5 Å². The van der Waals surface area contributed by atoms with Crippen LogP contribution in [-0.4, -0.2) is 60.0 Å². The fourth-order valence-corrected chi connectivity index (χ4v) is 3.89. The summed E-state index contributed by atoms with van der Waals surface area (Å²) in [6.07, 6.45) is 2.21. The van der Waals surface area contributed by atoms with Gasteiger partial charge in [-0.2, -0.15) is 0 Å². The number of benzene rings is 1. The number of aryl methyl sites for hydroxylation is 1. The van der Waals surface area contributed by atoms with Crippen molar-refractivity contribution in [2.75, 3.05) is 44.2 Å². The number of hydrogen-bond donors (Lipinski definition) is 0. The third-order valence-electron chi connectivity index (χ3n) is 5.45. The van der Waals surface area contributed by atoms with Crippen LogP contribution in [0.3, 0.4) is 0 Å². The van der Waals surface area contributed by atoms with Crippen LogP contribution >= 0.6 is 0 Å². The van der Waals surface area contributed by atoms with Crippen molar-refractivity contribution in [3.8, 4) is 0 Å². The minimum Gasteiger partial charge on any atom is -0.335 e. The fraction of sp³-hybridized carbons (Fsp3) is 0.429. The van der Waals surface area contributed by atoms with Crippen molar-refractivity contribution in [3.63, 3.8) is 0 Å². The lowest BCUT2D eigenvalue weighted by molar-refractivity contribution is 0.0637. The summed E-state index contributed by atoms with van der Waals surface area (Å²) < 4.78 is 0. The zero-order valence-corrected chi connectivity index (χ0v) is 15.4. The summed E-state index contributed by atoms with van der Waals surface area (Å²) in [5.41, 5.74) is 3.12. The molecule has 5 heteroatoms. The molecule has 0 spiro atoms. The molecule has 0 saturated carbocycles. The van der Waals surface area contributed by atoms with Gasteiger partial charge in [-0.25, -0.2) is 4.98 Å². The molecule has 2 aromatic rings. The number of amides is 1. The van der Waals surface area contributed by atoms with Crippen LogP contribution in [0.25, 0.3) is 0 Å². The number of likely N-dealkylation sites (N-methyl/N-ethyl adjacent to an activating group) is 1. The van der Waals surface area contributed by atoms with Crippen molar-refractivity contribution in [2.45, 2.75) is 19.8 Å². The van der Waals surface area contributed by atoms with E-state index in [2.05, 4.69) is 41.0 Å². The number of fused-ring (bicyclic) bond motifs is 1. The zero-order chi connectivity index (χ0) is 17.9. The lowest BCUT2D eigenvalue weighted by Gasteiger charge is -2.34. The molecular weight excluding hydrogens is 324 g/mol. The number of rotatable bonds is 3. The molecule has 1 aromatic heterocycles. The van der Waals surface area contributed by atoms with Gasteiger partial charge in [0.1, 0.15) is 11.5 Å². The second kappa shape index (κ2) is 7.46. The number of carbonyl (C=O) groups is 1. The summed E-state index contributed by atoms with van der Waals surface area (Å²) in [4.78, 5) is 24.2. The Kier molecular flexibility index (Phi) is 4.89. The van der Waals surface area contributed by atoms with Crippen molar-refractivity contribution in [1.82, 2.24) is 14.8 Å². The van der Waals surface area contributed by atoms with Gasteiger partial charge in [-0.3, -0.25) is 4.79 Å². The first-order valence-electron chi connectivity index (χ1n) is 9.60. The molecule has 1 fully saturated rings. The average molecular weight is 350 g/mol. The summed E-state index contributed by atoms with van der Waals surface area (Å²) in [7, 11) is 0. The van der Waals surface area contributed by atoms with Crippen LogP contribution in [0.5, 0.6) is 0 Å². The van der Waals surface area contributed by atoms with Gasteiger partial charge in [0.15, 0.2) is 0 Å². The Balaban J connectivity index is 1.55. The summed E-state index contributed by atoms with van der Waals surface area (Å²) in [5, 5.41) is 0. The predicted octanol–water partition coefficient (Wildman–Crippen LogP) is 2.94. The summed E-state index contributed by atoms with van der Waals surface area (Å²) in [6.45, 7) is 7.61. The largest absolute Gasteiger partial charge is 0.335 e. The number of nitrogens with zero attached hydrogens (tertiary/aromatic N) is 4. The maximum absolute atomic E-state index is 12.9. The first-order valence-corrected chi connectivity index (χ1v) is 9.60. The molecular formula is C21H26N4O. The van der Waals surface area contributed by atoms with Gasteiger partial charge in [0.05, 0.1) is 0 Å². The molecule has 0 radical (unpaired) electrons. The lowest BCUT2D eigenvalue weighted by atomic mass is 10.0. The van der Waals surface area contributed by atoms with Crippen LogP contribution in [0.1, 0.15) is 29.4 Å². The highest BCUT2D eigenvalue weighted by atomic mass is 16.2. The Labute approximate surface area is 155 Å². The fourth-order valence-electron chi connectivity index (χ4n) is 3.89. The van der Waals surface area contributed by atoms with Crippen molar-refractivity contribution < 1.29 is 4.79 Å². The second-order valence-electron chi connectivity index (χ2n) is 6.99. The molecule has 1 aromatic carbocycles. The molecule has 2 aliphatic rings. The van der Waals surface area contributed by atoms with E-state index in [9.17, 15) is 4.79 Å². The molecule has 5 nitrogen and oxygen atoms in total. The third-order valence-corrected chi connectivity index (χ3v) is 5.45. The zero-order valence-electron chi connectivity index (χ0n) is 15.4. The highest BCUT2D eigenvalue weighted by molar-refractivity contribution is 5.93. The Morgan fingerprint density at radius 1 is 1.00 bits per heavy atom. The number of hydrogen-bond acceptors (Lipinski definition) is 4. The van der Waals surface area contributed by atoms with Gasteiger partial charge in [0.2, 0.25) is 0 Å². The van der Waals surface area contributed by atoms with E-state index >= 15 is 0 Å². The molecule has 0 unspecified atom stereocenters. The van der Waals surface area contributed by atoms with E-state index in [0.29, 0.717) is 5.69 Å². The van der Waals surface area contributed by atoms with E-state index in [4.69, 9.17) is 4.98 Å². The molecule has 0 atom stereocenters. The van der Waals surface area contributed by atoms with Gasteiger partial charge in [-0.1, -0.05) is 31.2 Å². The predicted molar refractivity (Wildman–Crippen MR) is 104 cm³/mol. The van der Waals surface area contributed by atoms with Gasteiger partial charge in [0.25, 0.3) is 5.91 Å². The summed E-state index contributed by atoms with van der Waals surface area (Å²) in [5.74, 6) is 0.920. The van der Waals surface area contributed by atoms with Crippen LogP contribution in [0.2, 0.25) is 0 Å². The van der Waals surface area contributed by atoms with E-state index < -0.39 is 0 Å². The number of pyridine rings is 1. The van der Waals surface area contributed by atoms with Gasteiger partial charge < -0.3 is 14.7 Å². The molecule has 0 bridgehead atoms. The van der Waals surface area contributed by atoms with Crippen molar-refractivity contribution >= 4 is 17.4 Å². The van der Waals surface area contributed by atoms with E-state index in [0.717, 1.165) is 57.9 Å². The average Bonchev–Trinajstić information content (AvgIpc) is 2.73. The van der Waals surface area contributed by atoms with Crippen molar-refractivity contribution in [3.05, 3.63) is 53.7 Å². The first kappa shape index (κ1) is 17.0. The minimum atomic E-state index is 0.0490. The Hall–Kier alpha value is -2.40. The molecule has 1 amide bonds. The Morgan fingerprint density at radius 2 is 1.81 bits per heavy atom. The van der Waals surface area contributed by atoms with Crippen LogP contribution in [0.15, 0.2) is 42.5 Å². The molecule has 4 rings (SSSR count). The van der Waals surface area contributed by atoms with Gasteiger partial charge >= 0.3 is 0 Å². The highest BCUT2D eigenvalue weighted by Crippen LogP contribution is 2.32. The normalized spacial score (nSPS) is 17.9. The molecule has 0 aliphatic carbocycles. The number of carbonyl (C=O) groups excluding carboxylic acids is 1. The number of piperazine rings is 1. The molecule has 1 saturated heterocycles. The lowest BCUT2D eigenvalue weighted by Crippen LogP contribution is -2.48. The van der Waals surface area contributed by atoms with Gasteiger partial charge in [-0.15, -0.1) is 0 Å². The SMILES string of the molecule is CCN1CCN(C(=O)c2cccc(N3CCCc4ccccc43)n2)CC1. The van der Waals surface area contributed by atoms with E-state index in [1.807, 2.05) is 23.1 Å². The van der Waals surface area contributed by atoms with Gasteiger partial charge in [0, 0.05) is 38.4 Å². The topological polar surface area (TPSA) is 39.7 Å². The number of anilines is 2. The van der Waals surface area contributed by atoms with Crippen LogP contribution in [-0.2, 0) is 6.42 Å². The number of para-hydroxylation sites is 1. The van der Waals surface area contributed by atoms with E-state index in [1.165, 1.54) is 11.3 Å².